The molecule has 9 heteroatoms. The Kier molecular flexibility index (Phi) is 6.00. The van der Waals surface area contributed by atoms with Gasteiger partial charge in [-0.25, -0.2) is 0 Å². The number of benzene rings is 1. The van der Waals surface area contributed by atoms with Gasteiger partial charge in [0.2, 0.25) is 11.0 Å². The summed E-state index contributed by atoms with van der Waals surface area (Å²) in [7, 11) is 0. The summed E-state index contributed by atoms with van der Waals surface area (Å²) in [4.78, 5) is 37.6. The quantitative estimate of drug-likeness (QED) is 0.322. The van der Waals surface area contributed by atoms with Gasteiger partial charge < -0.3 is 5.32 Å². The number of thioether (sulfide) groups is 1. The summed E-state index contributed by atoms with van der Waals surface area (Å²) in [5.41, 5.74) is 0.942. The minimum Gasteiger partial charge on any atom is -0.301 e. The van der Waals surface area contributed by atoms with E-state index in [1.165, 1.54) is 28.0 Å². The smallest absolute Gasteiger partial charge is 0.261 e. The zero-order valence-corrected chi connectivity index (χ0v) is 15.9. The van der Waals surface area contributed by atoms with Gasteiger partial charge in [0.15, 0.2) is 4.34 Å². The Morgan fingerprint density at radius 2 is 1.81 bits per heavy atom. The Morgan fingerprint density at radius 1 is 1.12 bits per heavy atom. The molecular weight excluding hydrogens is 372 g/mol. The molecule has 1 aromatic carbocycles. The molecule has 0 bridgehead atoms. The van der Waals surface area contributed by atoms with E-state index in [1.807, 2.05) is 6.26 Å². The summed E-state index contributed by atoms with van der Waals surface area (Å²) in [6.07, 6.45) is 4.39. The molecule has 3 amide bonds. The topological polar surface area (TPSA) is 92.3 Å². The number of amides is 3. The fourth-order valence-corrected chi connectivity index (χ4v) is 3.89. The Balaban J connectivity index is 1.38. The summed E-state index contributed by atoms with van der Waals surface area (Å²) in [5, 5.41) is 11.0. The lowest BCUT2D eigenvalue weighted by Gasteiger charge is -2.13. The van der Waals surface area contributed by atoms with Crippen LogP contribution in [0, 0.1) is 0 Å². The van der Waals surface area contributed by atoms with Crippen molar-refractivity contribution in [3.8, 4) is 0 Å². The lowest BCUT2D eigenvalue weighted by molar-refractivity contribution is -0.116. The van der Waals surface area contributed by atoms with Crippen molar-refractivity contribution in [2.75, 3.05) is 18.1 Å². The van der Waals surface area contributed by atoms with Crippen LogP contribution in [0.2, 0.25) is 0 Å². The molecule has 0 radical (unpaired) electrons. The number of rotatable bonds is 8. The highest BCUT2D eigenvalue weighted by atomic mass is 32.2. The highest BCUT2D eigenvalue weighted by Gasteiger charge is 2.34. The molecule has 0 spiro atoms. The molecule has 0 saturated carbocycles. The number of hydrogen-bond acceptors (Lipinski definition) is 7. The van der Waals surface area contributed by atoms with Gasteiger partial charge in [-0.1, -0.05) is 41.7 Å². The third-order valence-corrected chi connectivity index (χ3v) is 5.81. The van der Waals surface area contributed by atoms with Crippen LogP contribution in [0.25, 0.3) is 0 Å². The van der Waals surface area contributed by atoms with Gasteiger partial charge in [-0.15, -0.1) is 10.2 Å². The van der Waals surface area contributed by atoms with E-state index in [0.29, 0.717) is 42.1 Å². The molecule has 1 aliphatic rings. The van der Waals surface area contributed by atoms with Crippen LogP contribution in [0.15, 0.2) is 28.6 Å². The number of nitrogens with zero attached hydrogens (tertiary/aromatic N) is 3. The number of nitrogens with one attached hydrogen (secondary N) is 1. The van der Waals surface area contributed by atoms with Crippen LogP contribution >= 0.6 is 23.1 Å². The number of imide groups is 1. The fraction of sp³-hybridized carbons (Fsp3) is 0.353. The lowest BCUT2D eigenvalue weighted by Crippen LogP contribution is -2.30. The standard InChI is InChI=1S/C17H18N4O3S2/c1-25-17-20-19-16(26-17)18-13(22)9-3-2-6-10-21-14(23)11-7-4-5-8-12(11)15(21)24/h4-5,7-8H,2-3,6,9-10H2,1H3,(H,18,19,22). The minimum atomic E-state index is -0.232. The Morgan fingerprint density at radius 3 is 2.42 bits per heavy atom. The number of fused-ring (bicyclic) bond motifs is 1. The highest BCUT2D eigenvalue weighted by Crippen LogP contribution is 2.24. The highest BCUT2D eigenvalue weighted by molar-refractivity contribution is 8.00. The van der Waals surface area contributed by atoms with Crippen molar-refractivity contribution in [3.63, 3.8) is 0 Å². The van der Waals surface area contributed by atoms with Crippen LogP contribution in [0.1, 0.15) is 46.4 Å². The monoisotopic (exact) mass is 390 g/mol. The number of aromatic nitrogens is 2. The minimum absolute atomic E-state index is 0.102. The van der Waals surface area contributed by atoms with Crippen molar-refractivity contribution < 1.29 is 14.4 Å². The number of unbranched alkanes of at least 4 members (excludes halogenated alkanes) is 2. The molecular formula is C17H18N4O3S2. The molecule has 136 valence electrons. The van der Waals surface area contributed by atoms with E-state index in [1.54, 1.807) is 24.3 Å². The van der Waals surface area contributed by atoms with E-state index in [4.69, 9.17) is 0 Å². The first kappa shape index (κ1) is 18.5. The number of hydrogen-bond donors (Lipinski definition) is 1. The van der Waals surface area contributed by atoms with E-state index in [9.17, 15) is 14.4 Å². The maximum Gasteiger partial charge on any atom is 0.261 e. The molecule has 0 fully saturated rings. The molecule has 26 heavy (non-hydrogen) atoms. The summed E-state index contributed by atoms with van der Waals surface area (Å²) in [6.45, 7) is 0.376. The summed E-state index contributed by atoms with van der Waals surface area (Å²) in [6, 6.07) is 6.87. The molecule has 0 aliphatic carbocycles. The molecule has 0 unspecified atom stereocenters. The zero-order valence-electron chi connectivity index (χ0n) is 14.2. The molecule has 1 aromatic heterocycles. The average molecular weight is 390 g/mol. The fourth-order valence-electron chi connectivity index (χ4n) is 2.70. The molecule has 7 nitrogen and oxygen atoms in total. The molecule has 0 saturated heterocycles. The summed E-state index contributed by atoms with van der Waals surface area (Å²) < 4.78 is 0.807. The van der Waals surface area contributed by atoms with Crippen molar-refractivity contribution in [3.05, 3.63) is 35.4 Å². The number of carbonyl (C=O) groups excluding carboxylic acids is 3. The van der Waals surface area contributed by atoms with Gasteiger partial charge in [-0.05, 0) is 31.2 Å². The van der Waals surface area contributed by atoms with Crippen molar-refractivity contribution in [1.82, 2.24) is 15.1 Å². The zero-order chi connectivity index (χ0) is 18.5. The molecule has 1 aliphatic heterocycles. The van der Waals surface area contributed by atoms with E-state index in [-0.39, 0.29) is 17.7 Å². The first-order chi connectivity index (χ1) is 12.6. The van der Waals surface area contributed by atoms with Crippen LogP contribution in [0.4, 0.5) is 5.13 Å². The maximum atomic E-state index is 12.2. The van der Waals surface area contributed by atoms with E-state index >= 15 is 0 Å². The van der Waals surface area contributed by atoms with Crippen LogP contribution in [-0.4, -0.2) is 45.6 Å². The van der Waals surface area contributed by atoms with Gasteiger partial charge >= 0.3 is 0 Å². The van der Waals surface area contributed by atoms with Crippen molar-refractivity contribution >= 4 is 46.0 Å². The van der Waals surface area contributed by atoms with Gasteiger partial charge in [0.25, 0.3) is 11.8 Å². The predicted octanol–water partition coefficient (Wildman–Crippen LogP) is 3.06. The van der Waals surface area contributed by atoms with Crippen molar-refractivity contribution in [2.24, 2.45) is 0 Å². The van der Waals surface area contributed by atoms with Crippen molar-refractivity contribution in [1.29, 1.82) is 0 Å². The Hall–Kier alpha value is -2.26. The second kappa shape index (κ2) is 8.41. The Labute approximate surface area is 159 Å². The van der Waals surface area contributed by atoms with E-state index in [2.05, 4.69) is 15.5 Å². The summed E-state index contributed by atoms with van der Waals surface area (Å²) >= 11 is 2.83. The molecule has 2 aromatic rings. The molecule has 3 rings (SSSR count). The first-order valence-electron chi connectivity index (χ1n) is 8.22. The van der Waals surface area contributed by atoms with Gasteiger partial charge in [-0.2, -0.15) is 0 Å². The normalized spacial score (nSPS) is 13.2. The Bertz CT molecular complexity index is 802. The second-order valence-corrected chi connectivity index (χ2v) is 7.77. The van der Waals surface area contributed by atoms with E-state index in [0.717, 1.165) is 10.8 Å². The number of carbonyl (C=O) groups is 3. The van der Waals surface area contributed by atoms with Crippen molar-refractivity contribution in [2.45, 2.75) is 30.0 Å². The van der Waals surface area contributed by atoms with Gasteiger partial charge in [-0.3, -0.25) is 19.3 Å². The van der Waals surface area contributed by atoms with E-state index < -0.39 is 0 Å². The maximum absolute atomic E-state index is 12.2. The van der Waals surface area contributed by atoms with Crippen LogP contribution in [-0.2, 0) is 4.79 Å². The average Bonchev–Trinajstić information content (AvgIpc) is 3.19. The first-order valence-corrected chi connectivity index (χ1v) is 10.3. The lowest BCUT2D eigenvalue weighted by atomic mass is 10.1. The van der Waals surface area contributed by atoms with Crippen LogP contribution < -0.4 is 5.32 Å². The summed E-state index contributed by atoms with van der Waals surface area (Å²) in [5.74, 6) is -0.567. The van der Waals surface area contributed by atoms with Gasteiger partial charge in [0.05, 0.1) is 11.1 Å². The largest absolute Gasteiger partial charge is 0.301 e. The SMILES string of the molecule is CSc1nnc(NC(=O)CCCCCN2C(=O)c3ccccc3C2=O)s1. The van der Waals surface area contributed by atoms with Crippen LogP contribution in [0.5, 0.6) is 0 Å². The third-order valence-electron chi connectivity index (χ3n) is 3.99. The van der Waals surface area contributed by atoms with Gasteiger partial charge in [0, 0.05) is 13.0 Å². The molecule has 2 heterocycles. The molecule has 0 atom stereocenters. The molecule has 1 N–H and O–H groups in total. The van der Waals surface area contributed by atoms with Crippen LogP contribution in [0.3, 0.4) is 0 Å². The third kappa shape index (κ3) is 4.10. The second-order valence-electron chi connectivity index (χ2n) is 5.74. The predicted molar refractivity (Wildman–Crippen MR) is 101 cm³/mol. The van der Waals surface area contributed by atoms with Gasteiger partial charge in [0.1, 0.15) is 0 Å². The number of anilines is 1.